The van der Waals surface area contributed by atoms with Gasteiger partial charge in [-0.1, -0.05) is 0 Å². The number of aliphatic carboxylic acids is 1. The fraction of sp³-hybridized carbons (Fsp3) is 0.211. The molecule has 0 saturated carbocycles. The molecule has 2 atom stereocenters. The van der Waals surface area contributed by atoms with Crippen LogP contribution in [-0.2, 0) is 4.79 Å². The molecule has 1 amide bonds. The van der Waals surface area contributed by atoms with Gasteiger partial charge in [0.2, 0.25) is 0 Å². The number of rotatable bonds is 3. The second-order valence-electron chi connectivity index (χ2n) is 6.30. The van der Waals surface area contributed by atoms with Gasteiger partial charge in [0.15, 0.2) is 0 Å². The van der Waals surface area contributed by atoms with Gasteiger partial charge in [0.25, 0.3) is 5.91 Å². The van der Waals surface area contributed by atoms with Crippen molar-refractivity contribution in [2.24, 2.45) is 5.92 Å². The molecule has 1 fully saturated rings. The maximum absolute atomic E-state index is 12.9. The van der Waals surface area contributed by atoms with Crippen molar-refractivity contribution in [3.63, 3.8) is 0 Å². The second kappa shape index (κ2) is 6.51. The second-order valence-corrected chi connectivity index (χ2v) is 6.30. The van der Waals surface area contributed by atoms with Gasteiger partial charge in [-0.2, -0.15) is 0 Å². The highest BCUT2D eigenvalue weighted by molar-refractivity contribution is 5.97. The molecule has 4 rings (SSSR count). The molecule has 130 valence electrons. The number of likely N-dealkylation sites (tertiary alicyclic amines) is 1. The summed E-state index contributed by atoms with van der Waals surface area (Å²) in [4.78, 5) is 38.6. The molecule has 3 heterocycles. The zero-order chi connectivity index (χ0) is 18.1. The molecular formula is C19H16N4O3. The highest BCUT2D eigenvalue weighted by Gasteiger charge is 2.40. The first-order chi connectivity index (χ1) is 12.6. The number of nitrogens with zero attached hydrogens (tertiary/aromatic N) is 4. The molecule has 0 aliphatic carbocycles. The maximum Gasteiger partial charge on any atom is 0.308 e. The van der Waals surface area contributed by atoms with Crippen LogP contribution in [0.15, 0.2) is 55.1 Å². The van der Waals surface area contributed by atoms with Crippen molar-refractivity contribution in [3.05, 3.63) is 66.2 Å². The van der Waals surface area contributed by atoms with Crippen LogP contribution < -0.4 is 0 Å². The summed E-state index contributed by atoms with van der Waals surface area (Å²) in [6, 6.07) is 8.76. The monoisotopic (exact) mass is 348 g/mol. The number of carbonyl (C=O) groups is 2. The van der Waals surface area contributed by atoms with Crippen molar-refractivity contribution in [3.8, 4) is 0 Å². The molecule has 1 aliphatic heterocycles. The molecule has 0 radical (unpaired) electrons. The Morgan fingerprint density at radius 2 is 1.69 bits per heavy atom. The summed E-state index contributed by atoms with van der Waals surface area (Å²) in [5.74, 6) is -1.98. The first-order valence-electron chi connectivity index (χ1n) is 8.26. The fourth-order valence-electron chi connectivity index (χ4n) is 3.45. The molecule has 2 aromatic heterocycles. The normalized spacial score (nSPS) is 19.6. The number of amides is 1. The van der Waals surface area contributed by atoms with Gasteiger partial charge in [0, 0.05) is 49.4 Å². The standard InChI is InChI=1S/C19H16N4O3/c24-18(13-1-2-16-17(9-13)22-8-7-21-16)23-10-14(15(11-23)19(25)26)12-3-5-20-6-4-12/h1-9,14-15H,10-11H2,(H,25,26)/t14-,15+/m0/s1. The molecule has 0 spiro atoms. The Hall–Kier alpha value is -3.35. The molecule has 1 aromatic carbocycles. The van der Waals surface area contributed by atoms with Crippen molar-refractivity contribution in [1.82, 2.24) is 19.9 Å². The van der Waals surface area contributed by atoms with E-state index in [1.165, 1.54) is 0 Å². The number of carboxylic acids is 1. The van der Waals surface area contributed by atoms with E-state index in [1.54, 1.807) is 60.0 Å². The maximum atomic E-state index is 12.9. The smallest absolute Gasteiger partial charge is 0.308 e. The number of carboxylic acid groups (broad SMARTS) is 1. The molecule has 0 bridgehead atoms. The van der Waals surface area contributed by atoms with Crippen molar-refractivity contribution < 1.29 is 14.7 Å². The molecule has 7 heteroatoms. The van der Waals surface area contributed by atoms with Crippen LogP contribution in [0, 0.1) is 5.92 Å². The summed E-state index contributed by atoms with van der Waals surface area (Å²) in [5.41, 5.74) is 2.71. The summed E-state index contributed by atoms with van der Waals surface area (Å²) >= 11 is 0. The zero-order valence-electron chi connectivity index (χ0n) is 13.8. The SMILES string of the molecule is O=C(O)[C@@H]1CN(C(=O)c2ccc3nccnc3c2)C[C@H]1c1ccncc1. The lowest BCUT2D eigenvalue weighted by atomic mass is 9.90. The predicted octanol–water partition coefficient (Wildman–Crippen LogP) is 1.97. The van der Waals surface area contributed by atoms with Crippen LogP contribution >= 0.6 is 0 Å². The van der Waals surface area contributed by atoms with Crippen LogP contribution in [0.5, 0.6) is 0 Å². The first-order valence-corrected chi connectivity index (χ1v) is 8.26. The zero-order valence-corrected chi connectivity index (χ0v) is 13.8. The molecule has 1 saturated heterocycles. The van der Waals surface area contributed by atoms with Crippen LogP contribution in [-0.4, -0.2) is 49.9 Å². The van der Waals surface area contributed by atoms with Crippen LogP contribution in [0.25, 0.3) is 11.0 Å². The highest BCUT2D eigenvalue weighted by Crippen LogP contribution is 2.33. The number of hydrogen-bond donors (Lipinski definition) is 1. The van der Waals surface area contributed by atoms with E-state index in [4.69, 9.17) is 0 Å². The third-order valence-electron chi connectivity index (χ3n) is 4.77. The summed E-state index contributed by atoms with van der Waals surface area (Å²) < 4.78 is 0. The summed E-state index contributed by atoms with van der Waals surface area (Å²) in [5, 5.41) is 9.58. The van der Waals surface area contributed by atoms with Gasteiger partial charge in [0.1, 0.15) is 0 Å². The molecule has 1 N–H and O–H groups in total. The van der Waals surface area contributed by atoms with E-state index < -0.39 is 11.9 Å². The molecule has 3 aromatic rings. The summed E-state index contributed by atoms with van der Waals surface area (Å²) in [7, 11) is 0. The van der Waals surface area contributed by atoms with E-state index in [1.807, 2.05) is 0 Å². The van der Waals surface area contributed by atoms with Crippen molar-refractivity contribution in [2.75, 3.05) is 13.1 Å². The Kier molecular flexibility index (Phi) is 4.04. The van der Waals surface area contributed by atoms with E-state index in [-0.39, 0.29) is 18.4 Å². The lowest BCUT2D eigenvalue weighted by Gasteiger charge is -2.16. The Bertz CT molecular complexity index is 977. The van der Waals surface area contributed by atoms with Crippen molar-refractivity contribution in [2.45, 2.75) is 5.92 Å². The summed E-state index contributed by atoms with van der Waals surface area (Å²) in [6.07, 6.45) is 6.45. The topological polar surface area (TPSA) is 96.3 Å². The van der Waals surface area contributed by atoms with E-state index >= 15 is 0 Å². The van der Waals surface area contributed by atoms with Crippen LogP contribution in [0.1, 0.15) is 21.8 Å². The van der Waals surface area contributed by atoms with Crippen molar-refractivity contribution >= 4 is 22.9 Å². The number of benzene rings is 1. The Morgan fingerprint density at radius 3 is 2.42 bits per heavy atom. The summed E-state index contributed by atoms with van der Waals surface area (Å²) in [6.45, 7) is 0.540. The van der Waals surface area contributed by atoms with Gasteiger partial charge in [-0.15, -0.1) is 0 Å². The van der Waals surface area contributed by atoms with E-state index in [9.17, 15) is 14.7 Å². The van der Waals surface area contributed by atoms with Gasteiger partial charge < -0.3 is 10.0 Å². The number of fused-ring (bicyclic) bond motifs is 1. The minimum Gasteiger partial charge on any atom is -0.481 e. The molecule has 7 nitrogen and oxygen atoms in total. The Labute approximate surface area is 149 Å². The van der Waals surface area contributed by atoms with Gasteiger partial charge in [-0.05, 0) is 35.9 Å². The largest absolute Gasteiger partial charge is 0.481 e. The lowest BCUT2D eigenvalue weighted by Crippen LogP contribution is -2.29. The third-order valence-corrected chi connectivity index (χ3v) is 4.77. The highest BCUT2D eigenvalue weighted by atomic mass is 16.4. The van der Waals surface area contributed by atoms with Crippen LogP contribution in [0.2, 0.25) is 0 Å². The number of aromatic nitrogens is 3. The quantitative estimate of drug-likeness (QED) is 0.777. The number of hydrogen-bond acceptors (Lipinski definition) is 5. The van der Waals surface area contributed by atoms with E-state index in [2.05, 4.69) is 15.0 Å². The van der Waals surface area contributed by atoms with E-state index in [0.29, 0.717) is 23.1 Å². The Balaban J connectivity index is 1.62. The molecule has 26 heavy (non-hydrogen) atoms. The average molecular weight is 348 g/mol. The molecule has 1 aliphatic rings. The average Bonchev–Trinajstić information content (AvgIpc) is 3.13. The first kappa shape index (κ1) is 16.1. The number of pyridine rings is 1. The van der Waals surface area contributed by atoms with Crippen molar-refractivity contribution in [1.29, 1.82) is 0 Å². The van der Waals surface area contributed by atoms with Crippen LogP contribution in [0.4, 0.5) is 0 Å². The third kappa shape index (κ3) is 2.88. The Morgan fingerprint density at radius 1 is 0.962 bits per heavy atom. The van der Waals surface area contributed by atoms with Gasteiger partial charge >= 0.3 is 5.97 Å². The number of carbonyl (C=O) groups excluding carboxylic acids is 1. The fourth-order valence-corrected chi connectivity index (χ4v) is 3.45. The van der Waals surface area contributed by atoms with Crippen LogP contribution in [0.3, 0.4) is 0 Å². The van der Waals surface area contributed by atoms with Gasteiger partial charge in [-0.25, -0.2) is 0 Å². The molecule has 0 unspecified atom stereocenters. The van der Waals surface area contributed by atoms with E-state index in [0.717, 1.165) is 5.56 Å². The van der Waals surface area contributed by atoms with Gasteiger partial charge in [0.05, 0.1) is 17.0 Å². The lowest BCUT2D eigenvalue weighted by molar-refractivity contribution is -0.141. The minimum absolute atomic E-state index is 0.180. The van der Waals surface area contributed by atoms with Gasteiger partial charge in [-0.3, -0.25) is 24.5 Å². The minimum atomic E-state index is -0.897. The predicted molar refractivity (Wildman–Crippen MR) is 93.5 cm³/mol. The molecular weight excluding hydrogens is 332 g/mol.